The van der Waals surface area contributed by atoms with E-state index in [0.717, 1.165) is 16.0 Å². The molecule has 3 nitrogen and oxygen atoms in total. The van der Waals surface area contributed by atoms with E-state index < -0.39 is 0 Å². The standard InChI is InChI=1S/C11H13ClN2OS/c1-6-7(2)16-11-9(6)10(12)13-8(14-11)4-5-15-3/h4-5H2,1-3H3. The van der Waals surface area contributed by atoms with Gasteiger partial charge in [0, 0.05) is 18.4 Å². The molecule has 5 heteroatoms. The predicted octanol–water partition coefficient (Wildman–Crippen LogP) is 3.15. The van der Waals surface area contributed by atoms with Crippen LogP contribution in [0.25, 0.3) is 10.2 Å². The number of fused-ring (bicyclic) bond motifs is 1. The second-order valence-corrected chi connectivity index (χ2v) is 5.20. The van der Waals surface area contributed by atoms with E-state index >= 15 is 0 Å². The van der Waals surface area contributed by atoms with Gasteiger partial charge >= 0.3 is 0 Å². The average Bonchev–Trinajstić information content (AvgIpc) is 2.52. The fourth-order valence-electron chi connectivity index (χ4n) is 1.55. The van der Waals surface area contributed by atoms with E-state index in [1.807, 2.05) is 0 Å². The molecular formula is C11H13ClN2OS. The Morgan fingerprint density at radius 1 is 1.31 bits per heavy atom. The molecule has 2 aromatic heterocycles. The highest BCUT2D eigenvalue weighted by Crippen LogP contribution is 2.32. The Morgan fingerprint density at radius 3 is 2.75 bits per heavy atom. The Bertz CT molecular complexity index is 524. The molecule has 16 heavy (non-hydrogen) atoms. The number of hydrogen-bond acceptors (Lipinski definition) is 4. The highest BCUT2D eigenvalue weighted by Gasteiger charge is 2.12. The number of nitrogens with zero attached hydrogens (tertiary/aromatic N) is 2. The van der Waals surface area contributed by atoms with Crippen LogP contribution in [0, 0.1) is 13.8 Å². The molecule has 0 aliphatic heterocycles. The largest absolute Gasteiger partial charge is 0.384 e. The predicted molar refractivity (Wildman–Crippen MR) is 67.5 cm³/mol. The Labute approximate surface area is 103 Å². The van der Waals surface area contributed by atoms with E-state index in [1.165, 1.54) is 10.4 Å². The topological polar surface area (TPSA) is 35.0 Å². The summed E-state index contributed by atoms with van der Waals surface area (Å²) in [7, 11) is 1.67. The van der Waals surface area contributed by atoms with Crippen molar-refractivity contribution in [3.63, 3.8) is 0 Å². The number of methoxy groups -OCH3 is 1. The summed E-state index contributed by atoms with van der Waals surface area (Å²) in [6, 6.07) is 0. The van der Waals surface area contributed by atoms with Gasteiger partial charge in [0.1, 0.15) is 15.8 Å². The fraction of sp³-hybridized carbons (Fsp3) is 0.455. The SMILES string of the molecule is COCCc1nc(Cl)c2c(C)c(C)sc2n1. The lowest BCUT2D eigenvalue weighted by atomic mass is 10.2. The second-order valence-electron chi connectivity index (χ2n) is 3.64. The van der Waals surface area contributed by atoms with Crippen molar-refractivity contribution >= 4 is 33.2 Å². The molecule has 0 saturated heterocycles. The van der Waals surface area contributed by atoms with Crippen LogP contribution in [0.5, 0.6) is 0 Å². The van der Waals surface area contributed by atoms with Gasteiger partial charge in [0.05, 0.1) is 12.0 Å². The summed E-state index contributed by atoms with van der Waals surface area (Å²) in [4.78, 5) is 11.0. The first kappa shape index (κ1) is 11.8. The van der Waals surface area contributed by atoms with Gasteiger partial charge in [-0.05, 0) is 19.4 Å². The van der Waals surface area contributed by atoms with Gasteiger partial charge < -0.3 is 4.74 Å². The van der Waals surface area contributed by atoms with E-state index in [9.17, 15) is 0 Å². The molecule has 0 aromatic carbocycles. The summed E-state index contributed by atoms with van der Waals surface area (Å²) >= 11 is 7.84. The number of thiophene rings is 1. The van der Waals surface area contributed by atoms with Gasteiger partial charge in [-0.15, -0.1) is 11.3 Å². The molecule has 0 bridgehead atoms. The van der Waals surface area contributed by atoms with Crippen molar-refractivity contribution in [2.45, 2.75) is 20.3 Å². The molecule has 0 aliphatic carbocycles. The van der Waals surface area contributed by atoms with E-state index in [2.05, 4.69) is 23.8 Å². The summed E-state index contributed by atoms with van der Waals surface area (Å²) in [5.74, 6) is 0.751. The van der Waals surface area contributed by atoms with Crippen LogP contribution in [-0.4, -0.2) is 23.7 Å². The molecule has 86 valence electrons. The van der Waals surface area contributed by atoms with Crippen molar-refractivity contribution in [3.8, 4) is 0 Å². The summed E-state index contributed by atoms with van der Waals surface area (Å²) in [5, 5.41) is 1.54. The maximum absolute atomic E-state index is 6.17. The Morgan fingerprint density at radius 2 is 2.06 bits per heavy atom. The van der Waals surface area contributed by atoms with E-state index in [4.69, 9.17) is 16.3 Å². The normalized spacial score (nSPS) is 11.2. The molecule has 0 fully saturated rings. The smallest absolute Gasteiger partial charge is 0.141 e. The fourth-order valence-corrected chi connectivity index (χ4v) is 2.98. The van der Waals surface area contributed by atoms with Gasteiger partial charge in [-0.25, -0.2) is 9.97 Å². The number of hydrogen-bond donors (Lipinski definition) is 0. The summed E-state index contributed by atoms with van der Waals surface area (Å²) in [5.41, 5.74) is 1.18. The molecule has 2 aromatic rings. The highest BCUT2D eigenvalue weighted by molar-refractivity contribution is 7.18. The number of ether oxygens (including phenoxy) is 1. The third kappa shape index (κ3) is 2.05. The van der Waals surface area contributed by atoms with Crippen LogP contribution < -0.4 is 0 Å². The van der Waals surface area contributed by atoms with E-state index in [0.29, 0.717) is 18.2 Å². The van der Waals surface area contributed by atoms with Crippen LogP contribution in [0.3, 0.4) is 0 Å². The van der Waals surface area contributed by atoms with Crippen LogP contribution in [0.2, 0.25) is 5.15 Å². The summed E-state index contributed by atoms with van der Waals surface area (Å²) in [6.45, 7) is 4.75. The number of rotatable bonds is 3. The van der Waals surface area contributed by atoms with Gasteiger partial charge in [-0.1, -0.05) is 11.6 Å². The molecule has 0 radical (unpaired) electrons. The van der Waals surface area contributed by atoms with Crippen LogP contribution >= 0.6 is 22.9 Å². The average molecular weight is 257 g/mol. The zero-order valence-corrected chi connectivity index (χ0v) is 11.1. The quantitative estimate of drug-likeness (QED) is 0.792. The van der Waals surface area contributed by atoms with E-state index in [1.54, 1.807) is 18.4 Å². The first-order chi connectivity index (χ1) is 7.63. The summed E-state index contributed by atoms with van der Waals surface area (Å²) < 4.78 is 5.01. The van der Waals surface area contributed by atoms with Crippen LogP contribution in [0.4, 0.5) is 0 Å². The first-order valence-corrected chi connectivity index (χ1v) is 6.24. The molecule has 0 saturated carbocycles. The number of aromatic nitrogens is 2. The van der Waals surface area contributed by atoms with Crippen LogP contribution in [0.1, 0.15) is 16.3 Å². The third-order valence-corrected chi connectivity index (χ3v) is 3.94. The van der Waals surface area contributed by atoms with Gasteiger partial charge in [0.15, 0.2) is 0 Å². The number of aryl methyl sites for hydroxylation is 2. The molecule has 0 atom stereocenters. The molecule has 0 aliphatic rings. The van der Waals surface area contributed by atoms with E-state index in [-0.39, 0.29) is 0 Å². The maximum atomic E-state index is 6.17. The molecule has 2 heterocycles. The summed E-state index contributed by atoms with van der Waals surface area (Å²) in [6.07, 6.45) is 0.697. The molecule has 0 spiro atoms. The van der Waals surface area contributed by atoms with Crippen molar-refractivity contribution in [3.05, 3.63) is 21.4 Å². The van der Waals surface area contributed by atoms with Crippen molar-refractivity contribution in [1.82, 2.24) is 9.97 Å². The Kier molecular flexibility index (Phi) is 3.42. The van der Waals surface area contributed by atoms with Crippen molar-refractivity contribution in [1.29, 1.82) is 0 Å². The monoisotopic (exact) mass is 256 g/mol. The molecule has 0 amide bonds. The van der Waals surface area contributed by atoms with Crippen molar-refractivity contribution in [2.75, 3.05) is 13.7 Å². The van der Waals surface area contributed by atoms with Gasteiger partial charge in [0.25, 0.3) is 0 Å². The molecule has 0 N–H and O–H groups in total. The van der Waals surface area contributed by atoms with Gasteiger partial charge in [-0.3, -0.25) is 0 Å². The van der Waals surface area contributed by atoms with Gasteiger partial charge in [0.2, 0.25) is 0 Å². The minimum absolute atomic E-state index is 0.554. The van der Waals surface area contributed by atoms with Crippen LogP contribution in [0.15, 0.2) is 0 Å². The van der Waals surface area contributed by atoms with Gasteiger partial charge in [-0.2, -0.15) is 0 Å². The zero-order valence-electron chi connectivity index (χ0n) is 9.50. The maximum Gasteiger partial charge on any atom is 0.141 e. The second kappa shape index (κ2) is 4.65. The lowest BCUT2D eigenvalue weighted by Crippen LogP contribution is -2.00. The minimum Gasteiger partial charge on any atom is -0.384 e. The Hall–Kier alpha value is -0.710. The lowest BCUT2D eigenvalue weighted by molar-refractivity contribution is 0.200. The molecule has 0 unspecified atom stereocenters. The van der Waals surface area contributed by atoms with Crippen LogP contribution in [-0.2, 0) is 11.2 Å². The first-order valence-electron chi connectivity index (χ1n) is 5.04. The highest BCUT2D eigenvalue weighted by atomic mass is 35.5. The lowest BCUT2D eigenvalue weighted by Gasteiger charge is -2.01. The zero-order chi connectivity index (χ0) is 11.7. The molecular weight excluding hydrogens is 244 g/mol. The molecule has 2 rings (SSSR count). The van der Waals surface area contributed by atoms with Crippen molar-refractivity contribution in [2.24, 2.45) is 0 Å². The van der Waals surface area contributed by atoms with Crippen molar-refractivity contribution < 1.29 is 4.74 Å². The number of halogens is 1. The minimum atomic E-state index is 0.554. The Balaban J connectivity index is 2.51. The third-order valence-electron chi connectivity index (χ3n) is 2.56.